The molecule has 0 aliphatic heterocycles. The average molecular weight is 366 g/mol. The Morgan fingerprint density at radius 2 is 2.12 bits per heavy atom. The second-order valence-corrected chi connectivity index (χ2v) is 7.26. The van der Waals surface area contributed by atoms with Gasteiger partial charge in [-0.25, -0.2) is 4.79 Å². The first-order valence-corrected chi connectivity index (χ1v) is 8.45. The van der Waals surface area contributed by atoms with Crippen molar-refractivity contribution in [2.75, 3.05) is 6.61 Å². The lowest BCUT2D eigenvalue weighted by atomic mass is 9.54. The van der Waals surface area contributed by atoms with Gasteiger partial charge in [-0.3, -0.25) is 4.79 Å². The minimum Gasteiger partial charge on any atom is -0.479 e. The lowest BCUT2D eigenvalue weighted by Gasteiger charge is -2.58. The van der Waals surface area contributed by atoms with Gasteiger partial charge in [0, 0.05) is 28.9 Å². The van der Waals surface area contributed by atoms with E-state index in [1.807, 2.05) is 6.92 Å². The number of hydrogen-bond donors (Lipinski definition) is 2. The molecule has 2 aromatic rings. The van der Waals surface area contributed by atoms with Gasteiger partial charge in [0.15, 0.2) is 5.76 Å². The van der Waals surface area contributed by atoms with E-state index in [0.29, 0.717) is 22.6 Å². The van der Waals surface area contributed by atoms with E-state index >= 15 is 0 Å². The van der Waals surface area contributed by atoms with Crippen molar-refractivity contribution in [2.24, 2.45) is 5.41 Å². The van der Waals surface area contributed by atoms with Crippen LogP contribution in [-0.2, 0) is 9.53 Å². The highest BCUT2D eigenvalue weighted by atomic mass is 35.5. The van der Waals surface area contributed by atoms with Gasteiger partial charge >= 0.3 is 5.97 Å². The molecule has 134 valence electrons. The van der Waals surface area contributed by atoms with Gasteiger partial charge in [0.1, 0.15) is 11.1 Å². The molecule has 1 aromatic carbocycles. The number of carboxylic acids is 1. The van der Waals surface area contributed by atoms with Crippen LogP contribution in [0.2, 0.25) is 5.02 Å². The number of halogens is 1. The molecule has 2 unspecified atom stereocenters. The Kier molecular flexibility index (Phi) is 4.29. The summed E-state index contributed by atoms with van der Waals surface area (Å²) in [6, 6.07) is 6.57. The molecule has 25 heavy (non-hydrogen) atoms. The van der Waals surface area contributed by atoms with Crippen LogP contribution in [-0.4, -0.2) is 35.2 Å². The van der Waals surface area contributed by atoms with Crippen molar-refractivity contribution in [3.63, 3.8) is 0 Å². The SMILES string of the molecule is CCOC1CC(NC(=O)c2cc3cc(Cl)ccc3o2)(C(=O)O)C1(C)C. The van der Waals surface area contributed by atoms with Crippen LogP contribution in [0.1, 0.15) is 37.7 Å². The predicted molar refractivity (Wildman–Crippen MR) is 92.9 cm³/mol. The molecule has 3 rings (SSSR count). The number of benzene rings is 1. The summed E-state index contributed by atoms with van der Waals surface area (Å²) in [6.07, 6.45) is -0.0237. The van der Waals surface area contributed by atoms with Gasteiger partial charge in [0.2, 0.25) is 0 Å². The predicted octanol–water partition coefficient (Wildman–Crippen LogP) is 3.47. The number of ether oxygens (including phenoxy) is 1. The van der Waals surface area contributed by atoms with Crippen LogP contribution in [0.5, 0.6) is 0 Å². The molecule has 7 heteroatoms. The van der Waals surface area contributed by atoms with Gasteiger partial charge in [-0.05, 0) is 31.2 Å². The van der Waals surface area contributed by atoms with Crippen LogP contribution < -0.4 is 5.32 Å². The highest BCUT2D eigenvalue weighted by molar-refractivity contribution is 6.31. The summed E-state index contributed by atoms with van der Waals surface area (Å²) in [5.74, 6) is -1.60. The lowest BCUT2D eigenvalue weighted by molar-refractivity contribution is -0.190. The third kappa shape index (κ3) is 2.69. The molecule has 2 atom stereocenters. The van der Waals surface area contributed by atoms with Crippen LogP contribution in [0.4, 0.5) is 0 Å². The number of amides is 1. The Balaban J connectivity index is 1.87. The Morgan fingerprint density at radius 3 is 2.72 bits per heavy atom. The zero-order valence-electron chi connectivity index (χ0n) is 14.3. The van der Waals surface area contributed by atoms with E-state index in [2.05, 4.69) is 5.32 Å². The van der Waals surface area contributed by atoms with Gasteiger partial charge < -0.3 is 19.6 Å². The topological polar surface area (TPSA) is 88.8 Å². The average Bonchev–Trinajstić information content (AvgIpc) is 2.96. The van der Waals surface area contributed by atoms with Crippen LogP contribution in [0, 0.1) is 5.41 Å². The van der Waals surface area contributed by atoms with Crippen molar-refractivity contribution >= 4 is 34.4 Å². The second-order valence-electron chi connectivity index (χ2n) is 6.83. The number of aliphatic carboxylic acids is 1. The Morgan fingerprint density at radius 1 is 1.40 bits per heavy atom. The van der Waals surface area contributed by atoms with E-state index in [-0.39, 0.29) is 18.3 Å². The number of carbonyl (C=O) groups is 2. The molecule has 6 nitrogen and oxygen atoms in total. The third-order valence-electron chi connectivity index (χ3n) is 5.16. The van der Waals surface area contributed by atoms with Gasteiger partial charge in [-0.15, -0.1) is 0 Å². The normalized spacial score (nSPS) is 24.7. The van der Waals surface area contributed by atoms with Crippen molar-refractivity contribution in [2.45, 2.75) is 38.8 Å². The highest BCUT2D eigenvalue weighted by Gasteiger charge is 2.66. The first kappa shape index (κ1) is 17.8. The zero-order valence-corrected chi connectivity index (χ0v) is 15.0. The molecule has 1 saturated carbocycles. The number of carbonyl (C=O) groups excluding carboxylic acids is 1. The van der Waals surface area contributed by atoms with Crippen LogP contribution in [0.3, 0.4) is 0 Å². The van der Waals surface area contributed by atoms with Crippen molar-refractivity contribution in [1.82, 2.24) is 5.32 Å². The molecule has 2 N–H and O–H groups in total. The van der Waals surface area contributed by atoms with Gasteiger partial charge in [-0.2, -0.15) is 0 Å². The monoisotopic (exact) mass is 365 g/mol. The summed E-state index contributed by atoms with van der Waals surface area (Å²) in [6.45, 7) is 5.91. The summed E-state index contributed by atoms with van der Waals surface area (Å²) in [5.41, 5.74) is -1.64. The molecular formula is C18H20ClNO5. The van der Waals surface area contributed by atoms with Gasteiger partial charge in [-0.1, -0.05) is 25.4 Å². The maximum absolute atomic E-state index is 12.6. The molecule has 1 fully saturated rings. The van der Waals surface area contributed by atoms with Crippen molar-refractivity contribution < 1.29 is 23.8 Å². The zero-order chi connectivity index (χ0) is 18.4. The maximum atomic E-state index is 12.6. The number of furan rings is 1. The standard InChI is InChI=1S/C18H20ClNO5/c1-4-24-14-9-18(16(22)23,17(14,2)3)20-15(21)13-8-10-7-11(19)5-6-12(10)25-13/h5-8,14H,4,9H2,1-3H3,(H,20,21)(H,22,23). The third-order valence-corrected chi connectivity index (χ3v) is 5.39. The van der Waals surface area contributed by atoms with E-state index in [1.165, 1.54) is 0 Å². The summed E-state index contributed by atoms with van der Waals surface area (Å²) >= 11 is 5.94. The number of rotatable bonds is 5. The number of nitrogens with one attached hydrogen (secondary N) is 1. The first-order valence-electron chi connectivity index (χ1n) is 8.08. The second kappa shape index (κ2) is 6.04. The fourth-order valence-electron chi connectivity index (χ4n) is 3.42. The Labute approximate surface area is 150 Å². The maximum Gasteiger partial charge on any atom is 0.330 e. The lowest BCUT2D eigenvalue weighted by Crippen LogP contribution is -2.76. The van der Waals surface area contributed by atoms with Crippen LogP contribution in [0.25, 0.3) is 11.0 Å². The van der Waals surface area contributed by atoms with Gasteiger partial charge in [0.05, 0.1) is 6.10 Å². The molecule has 1 aliphatic carbocycles. The van der Waals surface area contributed by atoms with E-state index < -0.39 is 22.8 Å². The highest BCUT2D eigenvalue weighted by Crippen LogP contribution is 2.51. The molecule has 0 saturated heterocycles. The first-order chi connectivity index (χ1) is 11.7. The quantitative estimate of drug-likeness (QED) is 0.846. The van der Waals surface area contributed by atoms with Crippen molar-refractivity contribution in [3.8, 4) is 0 Å². The fourth-order valence-corrected chi connectivity index (χ4v) is 3.60. The summed E-state index contributed by atoms with van der Waals surface area (Å²) in [7, 11) is 0. The minimum atomic E-state index is -1.40. The molecular weight excluding hydrogens is 346 g/mol. The largest absolute Gasteiger partial charge is 0.479 e. The van der Waals surface area contributed by atoms with Gasteiger partial charge in [0.25, 0.3) is 5.91 Å². The minimum absolute atomic E-state index is 0.0496. The molecule has 1 amide bonds. The van der Waals surface area contributed by atoms with Crippen LogP contribution >= 0.6 is 11.6 Å². The smallest absolute Gasteiger partial charge is 0.330 e. The molecule has 1 aliphatic rings. The van der Waals surface area contributed by atoms with E-state index in [4.69, 9.17) is 20.8 Å². The molecule has 0 bridgehead atoms. The summed E-state index contributed by atoms with van der Waals surface area (Å²) in [5, 5.41) is 13.6. The number of fused-ring (bicyclic) bond motifs is 1. The molecule has 1 aromatic heterocycles. The Hall–Kier alpha value is -2.05. The van der Waals surface area contributed by atoms with E-state index in [0.717, 1.165) is 0 Å². The number of carboxylic acid groups (broad SMARTS) is 1. The van der Waals surface area contributed by atoms with Crippen molar-refractivity contribution in [3.05, 3.63) is 35.0 Å². The van der Waals surface area contributed by atoms with E-state index in [9.17, 15) is 14.7 Å². The fraction of sp³-hybridized carbons (Fsp3) is 0.444. The molecule has 1 heterocycles. The summed E-state index contributed by atoms with van der Waals surface area (Å²) in [4.78, 5) is 24.6. The van der Waals surface area contributed by atoms with Crippen molar-refractivity contribution in [1.29, 1.82) is 0 Å². The Bertz CT molecular complexity index is 843. The number of hydrogen-bond acceptors (Lipinski definition) is 4. The molecule has 0 radical (unpaired) electrons. The summed E-state index contributed by atoms with van der Waals surface area (Å²) < 4.78 is 11.1. The van der Waals surface area contributed by atoms with Crippen LogP contribution in [0.15, 0.2) is 28.7 Å². The molecule has 0 spiro atoms. The van der Waals surface area contributed by atoms with E-state index in [1.54, 1.807) is 38.1 Å².